The molecule has 1 aliphatic carbocycles. The van der Waals surface area contributed by atoms with Gasteiger partial charge in [-0.3, -0.25) is 28.6 Å². The first kappa shape index (κ1) is 41.3. The number of ketones is 1. The fourth-order valence-electron chi connectivity index (χ4n) is 10.5. The van der Waals surface area contributed by atoms with Crippen LogP contribution in [-0.2, 0) is 16.1 Å². The van der Waals surface area contributed by atoms with Gasteiger partial charge in [-0.15, -0.1) is 0 Å². The van der Waals surface area contributed by atoms with Crippen LogP contribution in [0.25, 0.3) is 11.0 Å². The van der Waals surface area contributed by atoms with Crippen molar-refractivity contribution in [3.05, 3.63) is 106 Å². The zero-order valence-electron chi connectivity index (χ0n) is 36.0. The Bertz CT molecular complexity index is 2500. The zero-order chi connectivity index (χ0) is 42.9. The van der Waals surface area contributed by atoms with Gasteiger partial charge >= 0.3 is 0 Å². The number of imide groups is 1. The number of hydrogen-bond acceptors (Lipinski definition) is 11. The average molecular weight is 837 g/mol. The molecular formula is C49H56N8O5. The lowest BCUT2D eigenvalue weighted by Crippen LogP contribution is -2.43. The van der Waals surface area contributed by atoms with E-state index < -0.39 is 0 Å². The topological polar surface area (TPSA) is 143 Å². The van der Waals surface area contributed by atoms with Gasteiger partial charge in [-0.05, 0) is 124 Å². The van der Waals surface area contributed by atoms with E-state index in [9.17, 15) is 19.2 Å². The van der Waals surface area contributed by atoms with Gasteiger partial charge in [0.05, 0.1) is 37.0 Å². The highest BCUT2D eigenvalue weighted by Crippen LogP contribution is 2.37. The number of rotatable bonds is 11. The molecule has 6 heterocycles. The molecule has 3 aromatic heterocycles. The summed E-state index contributed by atoms with van der Waals surface area (Å²) in [6.45, 7) is 7.57. The largest absolute Gasteiger partial charge is 0.497 e. The lowest BCUT2D eigenvalue weighted by molar-refractivity contribution is -0.150. The second-order valence-electron chi connectivity index (χ2n) is 17.6. The number of pyridine rings is 2. The van der Waals surface area contributed by atoms with Gasteiger partial charge in [0, 0.05) is 55.9 Å². The van der Waals surface area contributed by atoms with Crippen molar-refractivity contribution in [2.75, 3.05) is 48.4 Å². The van der Waals surface area contributed by atoms with Crippen LogP contribution in [0.3, 0.4) is 0 Å². The number of likely N-dealkylation sites (tertiary alicyclic amines) is 1. The van der Waals surface area contributed by atoms with Gasteiger partial charge in [-0.25, -0.2) is 9.97 Å². The standard InChI is InChI=1S/C49H56N8O5/c1-31-42-29-51-49(53-46(42)57(38-6-4-5-7-38)48(61)45(31)32(2)58)52-43-18-14-39(28-50-43)55-26-22-35(23-27-55)34-20-24-54(25-21-34)37-12-10-36(11-13-37)41-17-19-44(59)56(47(41)60)30-33-8-15-40(62-3)16-9-33/h8-16,18,28-29,34-35,38,41H,4-7,17,19-27,30H2,1-3H3,(H,50,51,52,53). The number of benzene rings is 2. The van der Waals surface area contributed by atoms with Crippen LogP contribution in [0.2, 0.25) is 0 Å². The lowest BCUT2D eigenvalue weighted by Gasteiger charge is -2.41. The average Bonchev–Trinajstić information content (AvgIpc) is 3.83. The molecular weight excluding hydrogens is 781 g/mol. The van der Waals surface area contributed by atoms with E-state index in [1.54, 1.807) is 24.8 Å². The number of Topliss-reactive ketones (excluding diaryl/α,β-unsaturated/α-hetero) is 1. The van der Waals surface area contributed by atoms with E-state index >= 15 is 0 Å². The molecule has 3 saturated heterocycles. The number of ether oxygens (including phenoxy) is 1. The second-order valence-corrected chi connectivity index (χ2v) is 17.6. The smallest absolute Gasteiger partial charge is 0.263 e. The molecule has 5 aromatic rings. The quantitative estimate of drug-likeness (QED) is 0.102. The maximum absolute atomic E-state index is 13.6. The van der Waals surface area contributed by atoms with Gasteiger partial charge < -0.3 is 19.9 Å². The molecule has 1 saturated carbocycles. The number of fused-ring (bicyclic) bond motifs is 1. The number of nitrogens with zero attached hydrogens (tertiary/aromatic N) is 7. The third kappa shape index (κ3) is 8.29. The maximum Gasteiger partial charge on any atom is 0.263 e. The highest BCUT2D eigenvalue weighted by atomic mass is 16.5. The molecule has 2 amide bonds. The number of nitrogens with one attached hydrogen (secondary N) is 1. The molecule has 2 aromatic carbocycles. The molecule has 0 spiro atoms. The summed E-state index contributed by atoms with van der Waals surface area (Å²) in [6, 6.07) is 20.0. The highest BCUT2D eigenvalue weighted by molar-refractivity contribution is 6.01. The van der Waals surface area contributed by atoms with E-state index in [0.29, 0.717) is 47.7 Å². The fraction of sp³-hybridized carbons (Fsp3) is 0.449. The minimum atomic E-state index is -0.315. The van der Waals surface area contributed by atoms with E-state index in [2.05, 4.69) is 50.4 Å². The van der Waals surface area contributed by atoms with Gasteiger partial charge in [-0.1, -0.05) is 37.1 Å². The summed E-state index contributed by atoms with van der Waals surface area (Å²) in [4.78, 5) is 72.9. The van der Waals surface area contributed by atoms with Crippen LogP contribution < -0.4 is 25.4 Å². The number of carbonyl (C=O) groups excluding carboxylic acids is 3. The number of methoxy groups -OCH3 is 1. The van der Waals surface area contributed by atoms with E-state index in [1.165, 1.54) is 30.4 Å². The zero-order valence-corrected chi connectivity index (χ0v) is 36.0. The van der Waals surface area contributed by atoms with Crippen LogP contribution in [0.4, 0.5) is 23.1 Å². The van der Waals surface area contributed by atoms with Gasteiger partial charge in [0.15, 0.2) is 5.78 Å². The molecule has 13 nitrogen and oxygen atoms in total. The number of hydrogen-bond donors (Lipinski definition) is 1. The molecule has 322 valence electrons. The number of aromatic nitrogens is 4. The molecule has 0 bridgehead atoms. The van der Waals surface area contributed by atoms with E-state index in [-0.39, 0.29) is 47.2 Å². The molecule has 13 heteroatoms. The number of amides is 2. The molecule has 3 aliphatic heterocycles. The summed E-state index contributed by atoms with van der Waals surface area (Å²) in [5.74, 6) is 2.36. The number of piperidine rings is 3. The highest BCUT2D eigenvalue weighted by Gasteiger charge is 2.36. The summed E-state index contributed by atoms with van der Waals surface area (Å²) >= 11 is 0. The monoisotopic (exact) mass is 836 g/mol. The van der Waals surface area contributed by atoms with E-state index in [1.807, 2.05) is 36.5 Å². The second kappa shape index (κ2) is 17.7. The van der Waals surface area contributed by atoms with E-state index in [4.69, 9.17) is 14.7 Å². The molecule has 1 atom stereocenters. The molecule has 4 aliphatic rings. The minimum absolute atomic E-state index is 0.0203. The van der Waals surface area contributed by atoms with Gasteiger partial charge in [0.1, 0.15) is 17.2 Å². The van der Waals surface area contributed by atoms with Gasteiger partial charge in [-0.2, -0.15) is 4.98 Å². The number of anilines is 4. The fourth-order valence-corrected chi connectivity index (χ4v) is 10.5. The number of carbonyl (C=O) groups is 3. The lowest BCUT2D eigenvalue weighted by atomic mass is 9.78. The van der Waals surface area contributed by atoms with Crippen molar-refractivity contribution in [2.24, 2.45) is 11.8 Å². The Kier molecular flexibility index (Phi) is 11.8. The Hall–Kier alpha value is -6.11. The maximum atomic E-state index is 13.6. The van der Waals surface area contributed by atoms with Crippen LogP contribution in [0.5, 0.6) is 5.75 Å². The van der Waals surface area contributed by atoms with Crippen LogP contribution in [0.15, 0.2) is 77.9 Å². The van der Waals surface area contributed by atoms with Crippen molar-refractivity contribution >= 4 is 51.8 Å². The van der Waals surface area contributed by atoms with Crippen molar-refractivity contribution in [1.29, 1.82) is 0 Å². The molecule has 9 rings (SSSR count). The normalized spacial score (nSPS) is 19.4. The Morgan fingerprint density at radius 3 is 2.03 bits per heavy atom. The first-order valence-electron chi connectivity index (χ1n) is 22.4. The van der Waals surface area contributed by atoms with Crippen molar-refractivity contribution in [3.8, 4) is 5.75 Å². The minimum Gasteiger partial charge on any atom is -0.497 e. The third-order valence-corrected chi connectivity index (χ3v) is 14.0. The Morgan fingerprint density at radius 2 is 1.42 bits per heavy atom. The number of aryl methyl sites for hydroxylation is 1. The molecule has 62 heavy (non-hydrogen) atoms. The first-order valence-corrected chi connectivity index (χ1v) is 22.4. The molecule has 1 unspecified atom stereocenters. The molecule has 4 fully saturated rings. The molecule has 1 N–H and O–H groups in total. The van der Waals surface area contributed by atoms with Crippen LogP contribution in [0, 0.1) is 18.8 Å². The van der Waals surface area contributed by atoms with Crippen LogP contribution >= 0.6 is 0 Å². The Morgan fingerprint density at radius 1 is 0.774 bits per heavy atom. The molecule has 0 radical (unpaired) electrons. The Labute approximate surface area is 362 Å². The first-order chi connectivity index (χ1) is 30.1. The van der Waals surface area contributed by atoms with Crippen molar-refractivity contribution in [3.63, 3.8) is 0 Å². The van der Waals surface area contributed by atoms with Crippen LogP contribution in [0.1, 0.15) is 110 Å². The summed E-state index contributed by atoms with van der Waals surface area (Å²) in [6.07, 6.45) is 13.1. The summed E-state index contributed by atoms with van der Waals surface area (Å²) in [5, 5.41) is 3.97. The summed E-state index contributed by atoms with van der Waals surface area (Å²) in [7, 11) is 1.62. The summed E-state index contributed by atoms with van der Waals surface area (Å²) < 4.78 is 6.98. The SMILES string of the molecule is COc1ccc(CN2C(=O)CCC(c3ccc(N4CCC(C5CCN(c6ccc(Nc7ncc8c(C)c(C(C)=O)c(=O)n(C9CCCC9)c8n7)nc6)CC5)CC4)cc3)C2=O)cc1. The van der Waals surface area contributed by atoms with Gasteiger partial charge in [0.25, 0.3) is 5.56 Å². The predicted octanol–water partition coefficient (Wildman–Crippen LogP) is 8.13. The third-order valence-electron chi connectivity index (χ3n) is 14.0. The Balaban J connectivity index is 0.766. The van der Waals surface area contributed by atoms with Crippen molar-refractivity contribution < 1.29 is 19.1 Å². The van der Waals surface area contributed by atoms with Crippen molar-refractivity contribution in [2.45, 2.75) is 96.6 Å². The van der Waals surface area contributed by atoms with Crippen molar-refractivity contribution in [1.82, 2.24) is 24.4 Å². The predicted molar refractivity (Wildman–Crippen MR) is 240 cm³/mol. The van der Waals surface area contributed by atoms with Gasteiger partial charge in [0.2, 0.25) is 17.8 Å². The van der Waals surface area contributed by atoms with Crippen LogP contribution in [-0.4, -0.2) is 75.3 Å². The summed E-state index contributed by atoms with van der Waals surface area (Å²) in [5.41, 5.74) is 5.32. The van der Waals surface area contributed by atoms with E-state index in [0.717, 1.165) is 92.7 Å².